The second-order valence-electron chi connectivity index (χ2n) is 7.21. The van der Waals surface area contributed by atoms with Crippen molar-refractivity contribution in [1.29, 1.82) is 0 Å². The van der Waals surface area contributed by atoms with Gasteiger partial charge in [-0.15, -0.1) is 11.3 Å². The maximum Gasteiger partial charge on any atom is 0.274 e. The fraction of sp³-hybridized carbons (Fsp3) is 0.450. The predicted molar refractivity (Wildman–Crippen MR) is 108 cm³/mol. The molecule has 0 saturated carbocycles. The number of anilines is 2. The molecular weight excluding hydrogens is 395 g/mol. The van der Waals surface area contributed by atoms with Crippen molar-refractivity contribution in [1.82, 2.24) is 15.2 Å². The van der Waals surface area contributed by atoms with Crippen molar-refractivity contribution >= 4 is 34.0 Å². The van der Waals surface area contributed by atoms with Crippen LogP contribution in [0.3, 0.4) is 0 Å². The number of carbonyl (C=O) groups excluding carboxylic acids is 2. The second-order valence-corrected chi connectivity index (χ2v) is 8.06. The zero-order valence-corrected chi connectivity index (χ0v) is 16.7. The van der Waals surface area contributed by atoms with Gasteiger partial charge in [0, 0.05) is 30.8 Å². The van der Waals surface area contributed by atoms with Crippen LogP contribution >= 0.6 is 11.3 Å². The molecule has 0 unspecified atom stereocenters. The van der Waals surface area contributed by atoms with Gasteiger partial charge in [-0.3, -0.25) is 9.59 Å². The SMILES string of the molecule is O=C(NC[C@@H]1CCCO1)[C@H]1CCCN1C(=O)c1csc(Nc2ccc(F)cc2)n1. The molecule has 0 aliphatic carbocycles. The van der Waals surface area contributed by atoms with E-state index in [-0.39, 0.29) is 23.7 Å². The van der Waals surface area contributed by atoms with E-state index in [0.717, 1.165) is 25.9 Å². The first-order valence-corrected chi connectivity index (χ1v) is 10.7. The first-order chi connectivity index (χ1) is 14.1. The van der Waals surface area contributed by atoms with Gasteiger partial charge in [-0.05, 0) is 49.9 Å². The van der Waals surface area contributed by atoms with Crippen molar-refractivity contribution in [3.63, 3.8) is 0 Å². The number of nitrogens with one attached hydrogen (secondary N) is 2. The van der Waals surface area contributed by atoms with E-state index in [4.69, 9.17) is 4.74 Å². The number of rotatable bonds is 6. The Hall–Kier alpha value is -2.52. The topological polar surface area (TPSA) is 83.6 Å². The molecule has 4 rings (SSSR count). The summed E-state index contributed by atoms with van der Waals surface area (Å²) in [5, 5.41) is 8.20. The largest absolute Gasteiger partial charge is 0.376 e. The Morgan fingerprint density at radius 1 is 1.24 bits per heavy atom. The molecule has 2 saturated heterocycles. The van der Waals surface area contributed by atoms with E-state index < -0.39 is 6.04 Å². The van der Waals surface area contributed by atoms with Crippen LogP contribution in [-0.4, -0.2) is 53.5 Å². The van der Waals surface area contributed by atoms with Crippen LogP contribution in [0.2, 0.25) is 0 Å². The van der Waals surface area contributed by atoms with Crippen LogP contribution < -0.4 is 10.6 Å². The van der Waals surface area contributed by atoms with Crippen molar-refractivity contribution in [3.8, 4) is 0 Å². The standard InChI is InChI=1S/C20H23FN4O3S/c21-13-5-7-14(8-6-13)23-20-24-16(12-29-20)19(27)25-9-1-4-17(25)18(26)22-11-15-3-2-10-28-15/h5-8,12,15,17H,1-4,9-11H2,(H,22,26)(H,23,24)/t15-,17+/m0/s1. The highest BCUT2D eigenvalue weighted by Crippen LogP contribution is 2.25. The molecule has 2 fully saturated rings. The van der Waals surface area contributed by atoms with Crippen LogP contribution in [0.1, 0.15) is 36.2 Å². The number of carbonyl (C=O) groups is 2. The van der Waals surface area contributed by atoms with Crippen molar-refractivity contribution in [2.75, 3.05) is 25.0 Å². The van der Waals surface area contributed by atoms with Gasteiger partial charge in [-0.2, -0.15) is 0 Å². The first kappa shape index (κ1) is 19.8. The summed E-state index contributed by atoms with van der Waals surface area (Å²) in [4.78, 5) is 31.5. The molecule has 9 heteroatoms. The Labute approximate surface area is 172 Å². The molecule has 2 N–H and O–H groups in total. The normalized spacial score (nSPS) is 21.3. The van der Waals surface area contributed by atoms with Gasteiger partial charge in [0.2, 0.25) is 5.91 Å². The van der Waals surface area contributed by atoms with Gasteiger partial charge in [0.05, 0.1) is 6.10 Å². The zero-order chi connectivity index (χ0) is 20.2. The van der Waals surface area contributed by atoms with Gasteiger partial charge < -0.3 is 20.3 Å². The highest BCUT2D eigenvalue weighted by atomic mass is 32.1. The summed E-state index contributed by atoms with van der Waals surface area (Å²) in [6.07, 6.45) is 3.48. The quantitative estimate of drug-likeness (QED) is 0.754. The third-order valence-electron chi connectivity index (χ3n) is 5.16. The lowest BCUT2D eigenvalue weighted by Crippen LogP contribution is -2.47. The van der Waals surface area contributed by atoms with Crippen LogP contribution in [0.5, 0.6) is 0 Å². The lowest BCUT2D eigenvalue weighted by molar-refractivity contribution is -0.125. The fourth-order valence-electron chi connectivity index (χ4n) is 3.65. The van der Waals surface area contributed by atoms with Gasteiger partial charge in [-0.25, -0.2) is 9.37 Å². The molecule has 2 aromatic rings. The summed E-state index contributed by atoms with van der Waals surface area (Å²) >= 11 is 1.29. The molecule has 0 spiro atoms. The van der Waals surface area contributed by atoms with Crippen molar-refractivity contribution in [2.45, 2.75) is 37.8 Å². The van der Waals surface area contributed by atoms with Gasteiger partial charge in [0.25, 0.3) is 5.91 Å². The number of hydrogen-bond acceptors (Lipinski definition) is 6. The molecule has 0 radical (unpaired) electrons. The number of amides is 2. The number of likely N-dealkylation sites (tertiary alicyclic amines) is 1. The van der Waals surface area contributed by atoms with Gasteiger partial charge in [-0.1, -0.05) is 0 Å². The molecule has 2 atom stereocenters. The maximum atomic E-state index is 13.0. The number of thiazole rings is 1. The van der Waals surface area contributed by atoms with Crippen molar-refractivity contribution in [2.24, 2.45) is 0 Å². The van der Waals surface area contributed by atoms with E-state index in [1.54, 1.807) is 22.4 Å². The zero-order valence-electron chi connectivity index (χ0n) is 15.9. The van der Waals surface area contributed by atoms with Gasteiger partial charge >= 0.3 is 0 Å². The minimum atomic E-state index is -0.473. The van der Waals surface area contributed by atoms with E-state index >= 15 is 0 Å². The Morgan fingerprint density at radius 2 is 2.07 bits per heavy atom. The number of ether oxygens (including phenoxy) is 1. The Balaban J connectivity index is 1.37. The van der Waals surface area contributed by atoms with Crippen molar-refractivity contribution in [3.05, 3.63) is 41.2 Å². The number of nitrogens with zero attached hydrogens (tertiary/aromatic N) is 2. The molecule has 2 aliphatic rings. The summed E-state index contributed by atoms with van der Waals surface area (Å²) in [5.41, 5.74) is 0.991. The Morgan fingerprint density at radius 3 is 2.83 bits per heavy atom. The third-order valence-corrected chi connectivity index (χ3v) is 5.92. The Kier molecular flexibility index (Phi) is 6.05. The summed E-state index contributed by atoms with van der Waals surface area (Å²) < 4.78 is 18.6. The van der Waals surface area contributed by atoms with E-state index in [1.165, 1.54) is 23.5 Å². The van der Waals surface area contributed by atoms with E-state index in [0.29, 0.717) is 36.0 Å². The minimum absolute atomic E-state index is 0.0724. The number of halogens is 1. The van der Waals surface area contributed by atoms with Crippen molar-refractivity contribution < 1.29 is 18.7 Å². The predicted octanol–water partition coefficient (Wildman–Crippen LogP) is 2.93. The Bertz CT molecular complexity index is 867. The number of benzene rings is 1. The molecule has 7 nitrogen and oxygen atoms in total. The monoisotopic (exact) mass is 418 g/mol. The molecule has 29 heavy (non-hydrogen) atoms. The number of hydrogen-bond donors (Lipinski definition) is 2. The highest BCUT2D eigenvalue weighted by molar-refractivity contribution is 7.14. The first-order valence-electron chi connectivity index (χ1n) is 9.78. The molecule has 1 aromatic carbocycles. The van der Waals surface area contributed by atoms with Gasteiger partial charge in [0.1, 0.15) is 17.6 Å². The number of aromatic nitrogens is 1. The third kappa shape index (κ3) is 4.73. The van der Waals surface area contributed by atoms with Crippen LogP contribution in [0.4, 0.5) is 15.2 Å². The smallest absolute Gasteiger partial charge is 0.274 e. The van der Waals surface area contributed by atoms with Crippen LogP contribution in [0.25, 0.3) is 0 Å². The molecule has 2 aliphatic heterocycles. The van der Waals surface area contributed by atoms with Crippen LogP contribution in [0, 0.1) is 5.82 Å². The second kappa shape index (κ2) is 8.87. The molecule has 2 amide bonds. The molecule has 1 aromatic heterocycles. The van der Waals surface area contributed by atoms with E-state index in [1.807, 2.05) is 0 Å². The fourth-order valence-corrected chi connectivity index (χ4v) is 4.36. The van der Waals surface area contributed by atoms with Crippen LogP contribution in [-0.2, 0) is 9.53 Å². The molecule has 3 heterocycles. The molecular formula is C20H23FN4O3S. The lowest BCUT2D eigenvalue weighted by Gasteiger charge is -2.23. The highest BCUT2D eigenvalue weighted by Gasteiger charge is 2.35. The maximum absolute atomic E-state index is 13.0. The summed E-state index contributed by atoms with van der Waals surface area (Å²) in [6.45, 7) is 1.77. The van der Waals surface area contributed by atoms with Gasteiger partial charge in [0.15, 0.2) is 5.13 Å². The average molecular weight is 418 g/mol. The summed E-state index contributed by atoms with van der Waals surface area (Å²) in [6, 6.07) is 5.44. The molecule has 154 valence electrons. The minimum Gasteiger partial charge on any atom is -0.376 e. The van der Waals surface area contributed by atoms with Crippen LogP contribution in [0.15, 0.2) is 29.6 Å². The average Bonchev–Trinajstić information content (AvgIpc) is 3.48. The summed E-state index contributed by atoms with van der Waals surface area (Å²) in [5.74, 6) is -0.696. The van der Waals surface area contributed by atoms with E-state index in [2.05, 4.69) is 15.6 Å². The molecule has 0 bridgehead atoms. The summed E-state index contributed by atoms with van der Waals surface area (Å²) in [7, 11) is 0. The van der Waals surface area contributed by atoms with E-state index in [9.17, 15) is 14.0 Å². The lowest BCUT2D eigenvalue weighted by atomic mass is 10.2.